The Morgan fingerprint density at radius 1 is 0.625 bits per heavy atom. The van der Waals surface area contributed by atoms with E-state index in [4.69, 9.17) is 13.8 Å². The van der Waals surface area contributed by atoms with E-state index in [9.17, 15) is 0 Å². The molecule has 6 aromatic rings. The van der Waals surface area contributed by atoms with Crippen LogP contribution in [-0.4, -0.2) is 23.2 Å². The van der Waals surface area contributed by atoms with E-state index in [1.54, 1.807) is 0 Å². The van der Waals surface area contributed by atoms with Crippen LogP contribution in [0.1, 0.15) is 83.1 Å². The van der Waals surface area contributed by atoms with E-state index < -0.39 is 6.98 Å². The first-order chi connectivity index (χ1) is 23.8. The molecule has 0 aliphatic carbocycles. The van der Waals surface area contributed by atoms with Crippen LogP contribution in [0, 0.1) is 0 Å². The summed E-state index contributed by atoms with van der Waals surface area (Å²) < 4.78 is 33.7. The molecule has 0 fully saturated rings. The van der Waals surface area contributed by atoms with Crippen molar-refractivity contribution >= 4 is 38.9 Å². The fraction of sp³-hybridized carbons (Fsp3) is 0.326. The number of benzene rings is 4. The Labute approximate surface area is 290 Å². The molecule has 5 heteroatoms. The lowest BCUT2D eigenvalue weighted by Gasteiger charge is -2.22. The predicted octanol–water partition coefficient (Wildman–Crippen LogP) is 11.4. The lowest BCUT2D eigenvalue weighted by Crippen LogP contribution is -2.23. The number of hydrogen-bond donors (Lipinski definition) is 0. The van der Waals surface area contributed by atoms with Gasteiger partial charge in [-0.2, -0.15) is 0 Å². The molecule has 0 unspecified atom stereocenters. The van der Waals surface area contributed by atoms with Crippen molar-refractivity contribution in [3.05, 3.63) is 114 Å². The zero-order chi connectivity index (χ0) is 36.7. The van der Waals surface area contributed by atoms with Crippen molar-refractivity contribution in [1.29, 1.82) is 0 Å². The van der Waals surface area contributed by atoms with E-state index in [0.29, 0.717) is 17.2 Å². The van der Waals surface area contributed by atoms with Crippen LogP contribution in [0.4, 0.5) is 17.1 Å². The fourth-order valence-electron chi connectivity index (χ4n) is 6.58. The number of anilines is 3. The molecule has 1 aliphatic rings. The van der Waals surface area contributed by atoms with E-state index in [1.165, 1.54) is 21.4 Å². The minimum atomic E-state index is -2.28. The molecule has 2 aromatic heterocycles. The average Bonchev–Trinajstić information content (AvgIpc) is 3.59. The Morgan fingerprint density at radius 3 is 2.04 bits per heavy atom. The van der Waals surface area contributed by atoms with Gasteiger partial charge in [0.1, 0.15) is 17.3 Å². The molecule has 246 valence electrons. The van der Waals surface area contributed by atoms with Crippen molar-refractivity contribution < 1.29 is 8.85 Å². The first-order valence-electron chi connectivity index (χ1n) is 18.3. The van der Waals surface area contributed by atoms with Crippen molar-refractivity contribution in [2.75, 3.05) is 23.4 Å². The molecule has 0 bridgehead atoms. The van der Waals surface area contributed by atoms with Gasteiger partial charge < -0.3 is 14.5 Å². The maximum atomic E-state index is 8.30. The monoisotopic (exact) mass is 639 g/mol. The van der Waals surface area contributed by atoms with Crippen LogP contribution in [0.25, 0.3) is 27.6 Å². The van der Waals surface area contributed by atoms with Gasteiger partial charge in [0.05, 0.1) is 29.1 Å². The van der Waals surface area contributed by atoms with Gasteiger partial charge in [0, 0.05) is 45.9 Å². The van der Waals surface area contributed by atoms with Gasteiger partial charge in [-0.3, -0.25) is 4.57 Å². The third-order valence-corrected chi connectivity index (χ3v) is 9.52. The summed E-state index contributed by atoms with van der Waals surface area (Å²) in [5, 5.41) is 2.31. The van der Waals surface area contributed by atoms with Gasteiger partial charge in [0.15, 0.2) is 0 Å². The van der Waals surface area contributed by atoms with Crippen molar-refractivity contribution in [2.24, 2.45) is 0 Å². The Balaban J connectivity index is 1.30. The summed E-state index contributed by atoms with van der Waals surface area (Å²) in [6.45, 7) is 17.7. The van der Waals surface area contributed by atoms with Crippen molar-refractivity contribution in [2.45, 2.75) is 78.6 Å². The van der Waals surface area contributed by atoms with Crippen LogP contribution in [-0.2, 0) is 16.2 Å². The third kappa shape index (κ3) is 5.70. The zero-order valence-corrected chi connectivity index (χ0v) is 29.6. The summed E-state index contributed by atoms with van der Waals surface area (Å²) in [6, 6.07) is 31.3. The Morgan fingerprint density at radius 2 is 1.31 bits per heavy atom. The standard InChI is InChI=1S/C43H48N4O/c1-41(2,3)28-14-18-36-35(22-28)34-17-16-33(26-38(34)47(36)40-24-30(20-21-44-40)43(7,8)9)48-32-13-11-12-31(25-32)46-27-45(10)39-23-29(42(4,5)6)15-19-37(39)46/h11-26H,27H2,1-10H3/i10D3. The second kappa shape index (κ2) is 11.2. The number of rotatable bonds is 4. The first kappa shape index (κ1) is 28.3. The molecule has 0 N–H and O–H groups in total. The minimum absolute atomic E-state index is 0.00629. The van der Waals surface area contributed by atoms with Gasteiger partial charge >= 0.3 is 0 Å². The topological polar surface area (TPSA) is 33.5 Å². The van der Waals surface area contributed by atoms with Gasteiger partial charge in [0.2, 0.25) is 0 Å². The van der Waals surface area contributed by atoms with Crippen LogP contribution in [0.2, 0.25) is 0 Å². The predicted molar refractivity (Wildman–Crippen MR) is 203 cm³/mol. The molecule has 48 heavy (non-hydrogen) atoms. The lowest BCUT2D eigenvalue weighted by atomic mass is 9.86. The van der Waals surface area contributed by atoms with Crippen LogP contribution >= 0.6 is 0 Å². The van der Waals surface area contributed by atoms with Gasteiger partial charge in [-0.25, -0.2) is 4.98 Å². The Hall–Kier alpha value is -4.77. The number of ether oxygens (including phenoxy) is 1. The Kier molecular flexibility index (Phi) is 6.57. The average molecular weight is 640 g/mol. The molecule has 4 aromatic carbocycles. The molecule has 0 saturated heterocycles. The summed E-state index contributed by atoms with van der Waals surface area (Å²) in [7, 11) is 0. The maximum absolute atomic E-state index is 8.30. The van der Waals surface area contributed by atoms with E-state index in [2.05, 4.69) is 115 Å². The maximum Gasteiger partial charge on any atom is 0.137 e. The fourth-order valence-corrected chi connectivity index (χ4v) is 6.58. The van der Waals surface area contributed by atoms with Crippen molar-refractivity contribution in [3.8, 4) is 17.3 Å². The van der Waals surface area contributed by atoms with Gasteiger partial charge in [-0.05, 0) is 93.6 Å². The highest BCUT2D eigenvalue weighted by atomic mass is 16.5. The van der Waals surface area contributed by atoms with E-state index in [0.717, 1.165) is 39.2 Å². The molecule has 0 amide bonds. The normalized spacial score (nSPS) is 15.1. The molecule has 0 radical (unpaired) electrons. The van der Waals surface area contributed by atoms with Gasteiger partial charge in [-0.15, -0.1) is 0 Å². The van der Waals surface area contributed by atoms with Crippen molar-refractivity contribution in [1.82, 2.24) is 9.55 Å². The second-order valence-corrected chi connectivity index (χ2v) is 16.2. The highest BCUT2D eigenvalue weighted by Crippen LogP contribution is 2.43. The van der Waals surface area contributed by atoms with Crippen molar-refractivity contribution in [3.63, 3.8) is 0 Å². The van der Waals surface area contributed by atoms with Gasteiger partial charge in [-0.1, -0.05) is 80.5 Å². The van der Waals surface area contributed by atoms with E-state index >= 15 is 0 Å². The highest BCUT2D eigenvalue weighted by molar-refractivity contribution is 6.09. The molecule has 7 rings (SSSR count). The largest absolute Gasteiger partial charge is 0.457 e. The number of pyridine rings is 1. The molecule has 0 atom stereocenters. The molecule has 5 nitrogen and oxygen atoms in total. The lowest BCUT2D eigenvalue weighted by molar-refractivity contribution is 0.483. The first-order valence-corrected chi connectivity index (χ1v) is 16.8. The quantitative estimate of drug-likeness (QED) is 0.192. The second-order valence-electron chi connectivity index (χ2n) is 16.2. The van der Waals surface area contributed by atoms with Crippen LogP contribution in [0.3, 0.4) is 0 Å². The number of nitrogens with zero attached hydrogens (tertiary/aromatic N) is 4. The molecule has 3 heterocycles. The SMILES string of the molecule is [2H]C([2H])([2H])N1CN(c2cccc(Oc3ccc4c5cc(C(C)(C)C)ccc5n(-c5cc(C(C)(C)C)ccn5)c4c3)c2)c2ccc(C(C)(C)C)cc21. The highest BCUT2D eigenvalue weighted by Gasteiger charge is 2.27. The van der Waals surface area contributed by atoms with Crippen LogP contribution < -0.4 is 14.5 Å². The number of hydrogen-bond acceptors (Lipinski definition) is 4. The summed E-state index contributed by atoms with van der Waals surface area (Å²) >= 11 is 0. The van der Waals surface area contributed by atoms with Crippen LogP contribution in [0.15, 0.2) is 97.2 Å². The molecular weight excluding hydrogens is 589 g/mol. The molecule has 0 spiro atoms. The molecule has 1 aliphatic heterocycles. The summed E-state index contributed by atoms with van der Waals surface area (Å²) in [5.41, 5.74) is 8.00. The van der Waals surface area contributed by atoms with E-state index in [1.807, 2.05) is 53.6 Å². The van der Waals surface area contributed by atoms with E-state index in [-0.39, 0.29) is 22.9 Å². The zero-order valence-electron chi connectivity index (χ0n) is 32.6. The minimum Gasteiger partial charge on any atom is -0.457 e. The molecule has 0 saturated carbocycles. The smallest absolute Gasteiger partial charge is 0.137 e. The van der Waals surface area contributed by atoms with Crippen LogP contribution in [0.5, 0.6) is 11.5 Å². The van der Waals surface area contributed by atoms with Gasteiger partial charge in [0.25, 0.3) is 0 Å². The number of aromatic nitrogens is 2. The molecular formula is C43H48N4O. The summed E-state index contributed by atoms with van der Waals surface area (Å²) in [5.74, 6) is 2.23. The third-order valence-electron chi connectivity index (χ3n) is 9.52. The summed E-state index contributed by atoms with van der Waals surface area (Å²) in [6.07, 6.45) is 1.90. The number of fused-ring (bicyclic) bond motifs is 4. The Bertz CT molecular complexity index is 2280. The summed E-state index contributed by atoms with van der Waals surface area (Å²) in [4.78, 5) is 8.42.